The Morgan fingerprint density at radius 2 is 2.10 bits per heavy atom. The molecule has 1 N–H and O–H groups in total. The maximum absolute atomic E-state index is 11.7. The summed E-state index contributed by atoms with van der Waals surface area (Å²) in [5.74, 6) is 1.56. The maximum Gasteiger partial charge on any atom is 0.251 e. The fourth-order valence-corrected chi connectivity index (χ4v) is 2.24. The molecule has 5 heteroatoms. The molecule has 0 unspecified atom stereocenters. The van der Waals surface area contributed by atoms with Gasteiger partial charge in [-0.05, 0) is 30.5 Å². The highest BCUT2D eigenvalue weighted by Gasteiger charge is 2.08. The van der Waals surface area contributed by atoms with Gasteiger partial charge >= 0.3 is 0 Å². The van der Waals surface area contributed by atoms with Crippen molar-refractivity contribution in [3.63, 3.8) is 0 Å². The number of hydrogen-bond donors (Lipinski definition) is 1. The summed E-state index contributed by atoms with van der Waals surface area (Å²) in [6.07, 6.45) is 0.765. The second-order valence-corrected chi connectivity index (χ2v) is 5.44. The molecule has 1 aromatic heterocycles. The van der Waals surface area contributed by atoms with E-state index in [9.17, 15) is 4.79 Å². The molecule has 4 nitrogen and oxygen atoms in total. The number of nitrogens with zero attached hydrogens (tertiary/aromatic N) is 1. The molecule has 0 spiro atoms. The molecule has 0 radical (unpaired) electrons. The Balaban J connectivity index is 2.44. The van der Waals surface area contributed by atoms with Crippen molar-refractivity contribution < 1.29 is 4.74 Å². The maximum atomic E-state index is 11.7. The number of methoxy groups -OCH3 is 1. The van der Waals surface area contributed by atoms with Crippen LogP contribution in [0.2, 0.25) is 5.02 Å². The monoisotopic (exact) mass is 292 g/mol. The van der Waals surface area contributed by atoms with Crippen LogP contribution in [0.25, 0.3) is 11.4 Å². The minimum Gasteiger partial charge on any atom is -0.495 e. The second kappa shape index (κ2) is 6.09. The van der Waals surface area contributed by atoms with Crippen LogP contribution in [-0.4, -0.2) is 17.1 Å². The van der Waals surface area contributed by atoms with Crippen molar-refractivity contribution in [2.24, 2.45) is 5.92 Å². The number of H-pyrrole nitrogens is 1. The van der Waals surface area contributed by atoms with Crippen molar-refractivity contribution in [1.82, 2.24) is 9.97 Å². The summed E-state index contributed by atoms with van der Waals surface area (Å²) in [4.78, 5) is 18.9. The Bertz CT molecular complexity index is 665. The molecule has 0 atom stereocenters. The van der Waals surface area contributed by atoms with Gasteiger partial charge in [-0.25, -0.2) is 4.98 Å². The third kappa shape index (κ3) is 3.39. The SMILES string of the molecule is COc1ccc(-c2nc(CC(C)C)cc(=O)[nH]2)cc1Cl. The van der Waals surface area contributed by atoms with Crippen LogP contribution in [0.4, 0.5) is 0 Å². The Kier molecular flexibility index (Phi) is 4.45. The lowest BCUT2D eigenvalue weighted by atomic mass is 10.1. The molecule has 106 valence electrons. The zero-order chi connectivity index (χ0) is 14.7. The van der Waals surface area contributed by atoms with Crippen LogP contribution in [-0.2, 0) is 6.42 Å². The summed E-state index contributed by atoms with van der Waals surface area (Å²) in [7, 11) is 1.56. The number of ether oxygens (including phenoxy) is 1. The van der Waals surface area contributed by atoms with Crippen molar-refractivity contribution in [2.45, 2.75) is 20.3 Å². The van der Waals surface area contributed by atoms with Crippen molar-refractivity contribution >= 4 is 11.6 Å². The summed E-state index contributed by atoms with van der Waals surface area (Å²) in [6, 6.07) is 6.85. The first-order chi connectivity index (χ1) is 9.49. The Labute approximate surface area is 122 Å². The molecule has 0 fully saturated rings. The number of benzene rings is 1. The highest BCUT2D eigenvalue weighted by atomic mass is 35.5. The highest BCUT2D eigenvalue weighted by molar-refractivity contribution is 6.32. The number of nitrogens with one attached hydrogen (secondary N) is 1. The number of hydrogen-bond acceptors (Lipinski definition) is 3. The zero-order valence-electron chi connectivity index (χ0n) is 11.7. The smallest absolute Gasteiger partial charge is 0.251 e. The molecule has 2 aromatic rings. The molecular formula is C15H17ClN2O2. The fourth-order valence-electron chi connectivity index (χ4n) is 1.98. The van der Waals surface area contributed by atoms with E-state index in [2.05, 4.69) is 23.8 Å². The molecule has 1 heterocycles. The quantitative estimate of drug-likeness (QED) is 0.941. The molecule has 0 aliphatic rings. The van der Waals surface area contributed by atoms with Gasteiger partial charge in [0.25, 0.3) is 5.56 Å². The topological polar surface area (TPSA) is 55.0 Å². The van der Waals surface area contributed by atoms with Gasteiger partial charge in [0, 0.05) is 17.3 Å². The first-order valence-electron chi connectivity index (χ1n) is 6.43. The van der Waals surface area contributed by atoms with E-state index in [0.29, 0.717) is 22.5 Å². The van der Waals surface area contributed by atoms with Gasteiger partial charge in [-0.3, -0.25) is 4.79 Å². The van der Waals surface area contributed by atoms with E-state index in [0.717, 1.165) is 17.7 Å². The molecule has 0 saturated carbocycles. The summed E-state index contributed by atoms with van der Waals surface area (Å²) in [5, 5.41) is 0.488. The lowest BCUT2D eigenvalue weighted by Gasteiger charge is -2.08. The Morgan fingerprint density at radius 3 is 2.70 bits per heavy atom. The van der Waals surface area contributed by atoms with Crippen LogP contribution >= 0.6 is 11.6 Å². The normalized spacial score (nSPS) is 10.8. The largest absolute Gasteiger partial charge is 0.495 e. The molecule has 0 amide bonds. The van der Waals surface area contributed by atoms with Gasteiger partial charge in [-0.2, -0.15) is 0 Å². The number of aromatic amines is 1. The average Bonchev–Trinajstić information content (AvgIpc) is 2.37. The average molecular weight is 293 g/mol. The first-order valence-corrected chi connectivity index (χ1v) is 6.81. The van der Waals surface area contributed by atoms with E-state index < -0.39 is 0 Å². The first kappa shape index (κ1) is 14.6. The summed E-state index contributed by atoms with van der Waals surface area (Å²) >= 11 is 6.10. The summed E-state index contributed by atoms with van der Waals surface area (Å²) in [6.45, 7) is 4.18. The van der Waals surface area contributed by atoms with E-state index in [4.69, 9.17) is 16.3 Å². The number of halogens is 1. The van der Waals surface area contributed by atoms with Gasteiger partial charge in [-0.1, -0.05) is 25.4 Å². The number of rotatable bonds is 4. The predicted molar refractivity (Wildman–Crippen MR) is 80.4 cm³/mol. The van der Waals surface area contributed by atoms with Crippen molar-refractivity contribution in [1.29, 1.82) is 0 Å². The fraction of sp³-hybridized carbons (Fsp3) is 0.333. The lowest BCUT2D eigenvalue weighted by molar-refractivity contribution is 0.415. The highest BCUT2D eigenvalue weighted by Crippen LogP contribution is 2.28. The molecule has 0 aliphatic heterocycles. The Morgan fingerprint density at radius 1 is 1.35 bits per heavy atom. The summed E-state index contributed by atoms with van der Waals surface area (Å²) < 4.78 is 5.11. The standard InChI is InChI=1S/C15H17ClN2O2/c1-9(2)6-11-8-14(19)18-15(17-11)10-4-5-13(20-3)12(16)7-10/h4-5,7-9H,6H2,1-3H3,(H,17,18,19). The molecular weight excluding hydrogens is 276 g/mol. The van der Waals surface area contributed by atoms with Gasteiger partial charge in [0.15, 0.2) is 0 Å². The van der Waals surface area contributed by atoms with Gasteiger partial charge < -0.3 is 9.72 Å². The summed E-state index contributed by atoms with van der Waals surface area (Å²) in [5.41, 5.74) is 1.39. The van der Waals surface area contributed by atoms with E-state index >= 15 is 0 Å². The molecule has 0 bridgehead atoms. The molecule has 2 rings (SSSR count). The third-order valence-corrected chi connectivity index (χ3v) is 3.13. The predicted octanol–water partition coefficient (Wildman–Crippen LogP) is 3.30. The Hall–Kier alpha value is -1.81. The molecule has 0 saturated heterocycles. The molecule has 20 heavy (non-hydrogen) atoms. The second-order valence-electron chi connectivity index (χ2n) is 5.03. The van der Waals surface area contributed by atoms with Gasteiger partial charge in [0.05, 0.1) is 12.1 Å². The van der Waals surface area contributed by atoms with E-state index in [1.54, 1.807) is 19.2 Å². The lowest BCUT2D eigenvalue weighted by Crippen LogP contribution is -2.11. The van der Waals surface area contributed by atoms with Crippen molar-refractivity contribution in [3.05, 3.63) is 45.3 Å². The van der Waals surface area contributed by atoms with Crippen LogP contribution in [0, 0.1) is 5.92 Å². The van der Waals surface area contributed by atoms with Gasteiger partial charge in [-0.15, -0.1) is 0 Å². The van der Waals surface area contributed by atoms with Gasteiger partial charge in [0.2, 0.25) is 0 Å². The van der Waals surface area contributed by atoms with E-state index in [1.165, 1.54) is 6.07 Å². The van der Waals surface area contributed by atoms with Crippen LogP contribution in [0.15, 0.2) is 29.1 Å². The van der Waals surface area contributed by atoms with Crippen molar-refractivity contribution in [2.75, 3.05) is 7.11 Å². The van der Waals surface area contributed by atoms with Gasteiger partial charge in [0.1, 0.15) is 11.6 Å². The van der Waals surface area contributed by atoms with E-state index in [1.807, 2.05) is 6.07 Å². The van der Waals surface area contributed by atoms with E-state index in [-0.39, 0.29) is 5.56 Å². The number of aromatic nitrogens is 2. The minimum absolute atomic E-state index is 0.155. The van der Waals surface area contributed by atoms with Crippen LogP contribution < -0.4 is 10.3 Å². The minimum atomic E-state index is -0.155. The van der Waals surface area contributed by atoms with Crippen LogP contribution in [0.1, 0.15) is 19.5 Å². The molecule has 0 aliphatic carbocycles. The third-order valence-electron chi connectivity index (χ3n) is 2.84. The zero-order valence-corrected chi connectivity index (χ0v) is 12.5. The van der Waals surface area contributed by atoms with Crippen LogP contribution in [0.3, 0.4) is 0 Å². The molecule has 1 aromatic carbocycles. The van der Waals surface area contributed by atoms with Crippen molar-refractivity contribution in [3.8, 4) is 17.1 Å². The van der Waals surface area contributed by atoms with Crippen LogP contribution in [0.5, 0.6) is 5.75 Å².